The molecule has 0 N–H and O–H groups in total. The molecule has 2 heteroatoms. The molecule has 0 amide bonds. The lowest BCUT2D eigenvalue weighted by Gasteiger charge is -2.14. The third-order valence-corrected chi connectivity index (χ3v) is 4.01. The van der Waals surface area contributed by atoms with E-state index < -0.39 is 0 Å². The second-order valence-corrected chi connectivity index (χ2v) is 5.65. The van der Waals surface area contributed by atoms with Crippen molar-refractivity contribution in [3.8, 4) is 5.75 Å². The van der Waals surface area contributed by atoms with Crippen LogP contribution in [-0.4, -0.2) is 12.5 Å². The van der Waals surface area contributed by atoms with Crippen LogP contribution in [0.5, 0.6) is 5.75 Å². The van der Waals surface area contributed by atoms with Crippen molar-refractivity contribution in [1.29, 1.82) is 0 Å². The van der Waals surface area contributed by atoms with E-state index >= 15 is 0 Å². The zero-order valence-corrected chi connectivity index (χ0v) is 11.2. The SMILES string of the molecule is COc1ccc(CC(Cl)CC2CCCC2)cc1. The predicted molar refractivity (Wildman–Crippen MR) is 72.9 cm³/mol. The molecule has 0 spiro atoms. The normalized spacial score (nSPS) is 18.2. The van der Waals surface area contributed by atoms with Crippen LogP contribution in [0, 0.1) is 5.92 Å². The van der Waals surface area contributed by atoms with E-state index in [1.165, 1.54) is 37.7 Å². The van der Waals surface area contributed by atoms with E-state index in [0.29, 0.717) is 0 Å². The van der Waals surface area contributed by atoms with E-state index in [9.17, 15) is 0 Å². The lowest BCUT2D eigenvalue weighted by molar-refractivity contribution is 0.414. The minimum atomic E-state index is 0.284. The third kappa shape index (κ3) is 3.92. The van der Waals surface area contributed by atoms with Crippen LogP contribution >= 0.6 is 11.6 Å². The van der Waals surface area contributed by atoms with Gasteiger partial charge in [-0.15, -0.1) is 11.6 Å². The molecule has 1 aliphatic rings. The Hall–Kier alpha value is -0.690. The highest BCUT2D eigenvalue weighted by atomic mass is 35.5. The highest BCUT2D eigenvalue weighted by Crippen LogP contribution is 2.30. The number of benzene rings is 1. The molecule has 0 bridgehead atoms. The van der Waals surface area contributed by atoms with Gasteiger partial charge in [0.2, 0.25) is 0 Å². The molecular formula is C15H21ClO. The number of hydrogen-bond acceptors (Lipinski definition) is 1. The van der Waals surface area contributed by atoms with E-state index in [-0.39, 0.29) is 5.38 Å². The Morgan fingerprint density at radius 1 is 1.24 bits per heavy atom. The molecule has 1 unspecified atom stereocenters. The maximum Gasteiger partial charge on any atom is 0.118 e. The number of rotatable bonds is 5. The molecule has 1 nitrogen and oxygen atoms in total. The van der Waals surface area contributed by atoms with Crippen molar-refractivity contribution in [2.24, 2.45) is 5.92 Å². The number of alkyl halides is 1. The van der Waals surface area contributed by atoms with Gasteiger partial charge in [-0.3, -0.25) is 0 Å². The van der Waals surface area contributed by atoms with Gasteiger partial charge < -0.3 is 4.74 Å². The minimum absolute atomic E-state index is 0.284. The number of methoxy groups -OCH3 is 1. The molecule has 1 aromatic carbocycles. The number of halogens is 1. The van der Waals surface area contributed by atoms with E-state index in [1.807, 2.05) is 12.1 Å². The zero-order chi connectivity index (χ0) is 12.1. The number of ether oxygens (including phenoxy) is 1. The van der Waals surface area contributed by atoms with E-state index in [0.717, 1.165) is 18.1 Å². The molecule has 0 heterocycles. The first kappa shape index (κ1) is 12.8. The quantitative estimate of drug-likeness (QED) is 0.705. The summed E-state index contributed by atoms with van der Waals surface area (Å²) in [6, 6.07) is 8.24. The second kappa shape index (κ2) is 6.30. The number of hydrogen-bond donors (Lipinski definition) is 0. The molecule has 2 rings (SSSR count). The molecule has 0 saturated heterocycles. The average molecular weight is 253 g/mol. The van der Waals surface area contributed by atoms with Gasteiger partial charge >= 0.3 is 0 Å². The second-order valence-electron chi connectivity index (χ2n) is 5.04. The fourth-order valence-electron chi connectivity index (χ4n) is 2.71. The highest BCUT2D eigenvalue weighted by Gasteiger charge is 2.18. The van der Waals surface area contributed by atoms with Crippen LogP contribution in [0.2, 0.25) is 0 Å². The summed E-state index contributed by atoms with van der Waals surface area (Å²) in [5.41, 5.74) is 1.31. The van der Waals surface area contributed by atoms with E-state index in [2.05, 4.69) is 12.1 Å². The first-order valence-corrected chi connectivity index (χ1v) is 6.98. The first-order chi connectivity index (χ1) is 8.28. The molecule has 1 atom stereocenters. The van der Waals surface area contributed by atoms with Crippen molar-refractivity contribution < 1.29 is 4.74 Å². The van der Waals surface area contributed by atoms with Crippen LogP contribution < -0.4 is 4.74 Å². The Bertz CT molecular complexity index is 327. The van der Waals surface area contributed by atoms with Crippen molar-refractivity contribution in [2.75, 3.05) is 7.11 Å². The molecule has 0 aromatic heterocycles. The van der Waals surface area contributed by atoms with Gasteiger partial charge in [-0.25, -0.2) is 0 Å². The molecule has 1 saturated carbocycles. The first-order valence-electron chi connectivity index (χ1n) is 6.55. The maximum absolute atomic E-state index is 6.44. The van der Waals surface area contributed by atoms with Crippen LogP contribution in [0.1, 0.15) is 37.7 Å². The molecular weight excluding hydrogens is 232 g/mol. The van der Waals surface area contributed by atoms with Crippen molar-refractivity contribution in [3.63, 3.8) is 0 Å². The Labute approximate surface area is 109 Å². The van der Waals surface area contributed by atoms with Gasteiger partial charge in [0, 0.05) is 5.38 Å². The Kier molecular flexibility index (Phi) is 4.73. The molecule has 1 aromatic rings. The molecule has 17 heavy (non-hydrogen) atoms. The van der Waals surface area contributed by atoms with Gasteiger partial charge in [-0.05, 0) is 36.5 Å². The van der Waals surface area contributed by atoms with Crippen molar-refractivity contribution in [1.82, 2.24) is 0 Å². The van der Waals surface area contributed by atoms with Crippen LogP contribution in [0.4, 0.5) is 0 Å². The lowest BCUT2D eigenvalue weighted by atomic mass is 9.98. The summed E-state index contributed by atoms with van der Waals surface area (Å²) >= 11 is 6.44. The largest absolute Gasteiger partial charge is 0.497 e. The maximum atomic E-state index is 6.44. The van der Waals surface area contributed by atoms with Gasteiger partial charge in [-0.2, -0.15) is 0 Å². The third-order valence-electron chi connectivity index (χ3n) is 3.68. The molecule has 94 valence electrons. The molecule has 1 aliphatic carbocycles. The Morgan fingerprint density at radius 2 is 1.88 bits per heavy atom. The molecule has 1 fully saturated rings. The molecule has 0 aliphatic heterocycles. The lowest BCUT2D eigenvalue weighted by Crippen LogP contribution is -2.09. The van der Waals surface area contributed by atoms with Gasteiger partial charge in [0.05, 0.1) is 7.11 Å². The topological polar surface area (TPSA) is 9.23 Å². The summed E-state index contributed by atoms with van der Waals surface area (Å²) in [7, 11) is 1.69. The van der Waals surface area contributed by atoms with Gasteiger partial charge in [-0.1, -0.05) is 37.8 Å². The monoisotopic (exact) mass is 252 g/mol. The fourth-order valence-corrected chi connectivity index (χ4v) is 3.14. The summed E-state index contributed by atoms with van der Waals surface area (Å²) in [6.45, 7) is 0. The summed E-state index contributed by atoms with van der Waals surface area (Å²) in [4.78, 5) is 0. The summed E-state index contributed by atoms with van der Waals surface area (Å²) < 4.78 is 5.15. The highest BCUT2D eigenvalue weighted by molar-refractivity contribution is 6.20. The van der Waals surface area contributed by atoms with Crippen LogP contribution in [0.15, 0.2) is 24.3 Å². The Balaban J connectivity index is 1.81. The van der Waals surface area contributed by atoms with Crippen molar-refractivity contribution in [3.05, 3.63) is 29.8 Å². The van der Waals surface area contributed by atoms with Gasteiger partial charge in [0.15, 0.2) is 0 Å². The smallest absolute Gasteiger partial charge is 0.118 e. The summed E-state index contributed by atoms with van der Waals surface area (Å²) in [5, 5.41) is 0.284. The van der Waals surface area contributed by atoms with E-state index in [1.54, 1.807) is 7.11 Å². The molecule has 0 radical (unpaired) electrons. The Morgan fingerprint density at radius 3 is 2.47 bits per heavy atom. The van der Waals surface area contributed by atoms with Crippen LogP contribution in [0.25, 0.3) is 0 Å². The van der Waals surface area contributed by atoms with Gasteiger partial charge in [0.25, 0.3) is 0 Å². The van der Waals surface area contributed by atoms with Gasteiger partial charge in [0.1, 0.15) is 5.75 Å². The van der Waals surface area contributed by atoms with Crippen LogP contribution in [-0.2, 0) is 6.42 Å². The van der Waals surface area contributed by atoms with E-state index in [4.69, 9.17) is 16.3 Å². The average Bonchev–Trinajstić information content (AvgIpc) is 2.82. The predicted octanol–water partition coefficient (Wildman–Crippen LogP) is 4.43. The fraction of sp³-hybridized carbons (Fsp3) is 0.600. The van der Waals surface area contributed by atoms with Crippen LogP contribution in [0.3, 0.4) is 0 Å². The summed E-state index contributed by atoms with van der Waals surface area (Å²) in [5.74, 6) is 1.78. The van der Waals surface area contributed by atoms with Crippen molar-refractivity contribution in [2.45, 2.75) is 43.9 Å². The van der Waals surface area contributed by atoms with Crippen molar-refractivity contribution >= 4 is 11.6 Å². The standard InChI is InChI=1S/C15H21ClO/c1-17-15-8-6-13(7-9-15)11-14(16)10-12-4-2-3-5-12/h6-9,12,14H,2-5,10-11H2,1H3. The minimum Gasteiger partial charge on any atom is -0.497 e. The summed E-state index contributed by atoms with van der Waals surface area (Å²) in [6.07, 6.45) is 7.71. The zero-order valence-electron chi connectivity index (χ0n) is 10.5.